The van der Waals surface area contributed by atoms with Crippen LogP contribution in [0.2, 0.25) is 0 Å². The van der Waals surface area contributed by atoms with Gasteiger partial charge in [0.25, 0.3) is 5.91 Å². The van der Waals surface area contributed by atoms with Crippen molar-refractivity contribution in [1.29, 1.82) is 0 Å². The lowest BCUT2D eigenvalue weighted by atomic mass is 9.90. The van der Waals surface area contributed by atoms with Gasteiger partial charge in [-0.2, -0.15) is 5.10 Å². The highest BCUT2D eigenvalue weighted by atomic mass is 16.5. The lowest BCUT2D eigenvalue weighted by molar-refractivity contribution is 0.0954. The second-order valence-corrected chi connectivity index (χ2v) is 5.19. The van der Waals surface area contributed by atoms with Gasteiger partial charge in [0, 0.05) is 11.8 Å². The molecule has 5 nitrogen and oxygen atoms in total. The zero-order valence-corrected chi connectivity index (χ0v) is 12.6. The topological polar surface area (TPSA) is 59.9 Å². The molecule has 1 aromatic carbocycles. The molecule has 0 aliphatic heterocycles. The van der Waals surface area contributed by atoms with Crippen molar-refractivity contribution < 1.29 is 14.3 Å². The van der Waals surface area contributed by atoms with Gasteiger partial charge in [0.2, 0.25) is 0 Å². The highest BCUT2D eigenvalue weighted by Gasteiger charge is 2.12. The second-order valence-electron chi connectivity index (χ2n) is 5.19. The maximum atomic E-state index is 12.0. The van der Waals surface area contributed by atoms with Gasteiger partial charge in [0.05, 0.1) is 14.2 Å². The maximum Gasteiger partial charge on any atom is 0.271 e. The Morgan fingerprint density at radius 1 is 1.19 bits per heavy atom. The van der Waals surface area contributed by atoms with Crippen LogP contribution in [0.4, 0.5) is 0 Å². The number of nitrogens with zero attached hydrogens (tertiary/aromatic N) is 1. The fourth-order valence-electron chi connectivity index (χ4n) is 2.53. The molecule has 0 bridgehead atoms. The average Bonchev–Trinajstić information content (AvgIpc) is 2.55. The van der Waals surface area contributed by atoms with Crippen molar-refractivity contribution in [3.05, 3.63) is 23.8 Å². The Hall–Kier alpha value is -2.04. The Kier molecular flexibility index (Phi) is 5.60. The van der Waals surface area contributed by atoms with Crippen molar-refractivity contribution in [1.82, 2.24) is 5.43 Å². The molecular formula is C16H22N2O3. The van der Waals surface area contributed by atoms with Crippen LogP contribution >= 0.6 is 0 Å². The molecule has 2 rings (SSSR count). The van der Waals surface area contributed by atoms with Crippen LogP contribution in [0.5, 0.6) is 11.5 Å². The average molecular weight is 290 g/mol. The quantitative estimate of drug-likeness (QED) is 0.670. The Morgan fingerprint density at radius 2 is 1.90 bits per heavy atom. The number of methoxy groups -OCH3 is 2. The van der Waals surface area contributed by atoms with E-state index in [2.05, 4.69) is 10.5 Å². The van der Waals surface area contributed by atoms with Crippen LogP contribution in [-0.4, -0.2) is 26.3 Å². The Balaban J connectivity index is 1.95. The van der Waals surface area contributed by atoms with Crippen LogP contribution in [0.1, 0.15) is 42.5 Å². The summed E-state index contributed by atoms with van der Waals surface area (Å²) in [5.74, 6) is 1.37. The van der Waals surface area contributed by atoms with Gasteiger partial charge in [-0.1, -0.05) is 19.3 Å². The van der Waals surface area contributed by atoms with E-state index in [1.807, 2.05) is 6.21 Å². The normalized spacial score (nSPS) is 15.9. The van der Waals surface area contributed by atoms with E-state index in [4.69, 9.17) is 9.47 Å². The molecule has 5 heteroatoms. The van der Waals surface area contributed by atoms with Gasteiger partial charge >= 0.3 is 0 Å². The number of hydrazone groups is 1. The molecule has 0 heterocycles. The molecule has 1 aliphatic rings. The summed E-state index contributed by atoms with van der Waals surface area (Å²) in [5.41, 5.74) is 3.06. The lowest BCUT2D eigenvalue weighted by Crippen LogP contribution is -2.19. The number of hydrogen-bond acceptors (Lipinski definition) is 4. The summed E-state index contributed by atoms with van der Waals surface area (Å²) in [4.78, 5) is 12.0. The number of carbonyl (C=O) groups is 1. The first-order chi connectivity index (χ1) is 10.2. The zero-order valence-electron chi connectivity index (χ0n) is 12.6. The molecule has 1 aliphatic carbocycles. The van der Waals surface area contributed by atoms with E-state index in [0.717, 1.165) is 12.8 Å². The first kappa shape index (κ1) is 15.4. The third-order valence-electron chi connectivity index (χ3n) is 3.75. The van der Waals surface area contributed by atoms with E-state index in [9.17, 15) is 4.79 Å². The van der Waals surface area contributed by atoms with Gasteiger partial charge in [-0.25, -0.2) is 5.43 Å². The van der Waals surface area contributed by atoms with Crippen LogP contribution in [-0.2, 0) is 0 Å². The molecule has 0 saturated heterocycles. The minimum atomic E-state index is -0.247. The van der Waals surface area contributed by atoms with Gasteiger partial charge in [0.15, 0.2) is 11.5 Å². The van der Waals surface area contributed by atoms with Crippen molar-refractivity contribution in [2.24, 2.45) is 11.0 Å². The third-order valence-corrected chi connectivity index (χ3v) is 3.75. The zero-order chi connectivity index (χ0) is 15.1. The van der Waals surface area contributed by atoms with Gasteiger partial charge in [-0.05, 0) is 37.0 Å². The van der Waals surface area contributed by atoms with Gasteiger partial charge in [-0.15, -0.1) is 0 Å². The predicted molar refractivity (Wildman–Crippen MR) is 82.1 cm³/mol. The molecule has 0 spiro atoms. The van der Waals surface area contributed by atoms with Gasteiger partial charge in [0.1, 0.15) is 0 Å². The number of hydrogen-bond donors (Lipinski definition) is 1. The monoisotopic (exact) mass is 290 g/mol. The van der Waals surface area contributed by atoms with E-state index in [0.29, 0.717) is 23.0 Å². The summed E-state index contributed by atoms with van der Waals surface area (Å²) in [6.07, 6.45) is 7.99. The molecular weight excluding hydrogens is 268 g/mol. The van der Waals surface area contributed by atoms with Crippen molar-refractivity contribution in [2.75, 3.05) is 14.2 Å². The summed E-state index contributed by atoms with van der Waals surface area (Å²) in [6, 6.07) is 5.04. The minimum Gasteiger partial charge on any atom is -0.493 e. The molecule has 21 heavy (non-hydrogen) atoms. The molecule has 1 saturated carbocycles. The highest BCUT2D eigenvalue weighted by Crippen LogP contribution is 2.27. The Bertz CT molecular complexity index is 508. The fraction of sp³-hybridized carbons (Fsp3) is 0.500. The Morgan fingerprint density at radius 3 is 2.57 bits per heavy atom. The number of nitrogens with one attached hydrogen (secondary N) is 1. The minimum absolute atomic E-state index is 0.247. The molecule has 1 N–H and O–H groups in total. The van der Waals surface area contributed by atoms with E-state index < -0.39 is 0 Å². The molecule has 1 aromatic rings. The number of carbonyl (C=O) groups excluding carboxylic acids is 1. The largest absolute Gasteiger partial charge is 0.493 e. The van der Waals surface area contributed by atoms with Crippen LogP contribution in [0.15, 0.2) is 23.3 Å². The number of ether oxygens (including phenoxy) is 2. The summed E-state index contributed by atoms with van der Waals surface area (Å²) >= 11 is 0. The molecule has 0 unspecified atom stereocenters. The molecule has 0 atom stereocenters. The van der Waals surface area contributed by atoms with E-state index >= 15 is 0 Å². The van der Waals surface area contributed by atoms with Crippen molar-refractivity contribution in [3.8, 4) is 11.5 Å². The van der Waals surface area contributed by atoms with Crippen LogP contribution < -0.4 is 14.9 Å². The maximum absolute atomic E-state index is 12.0. The predicted octanol–water partition coefficient (Wildman–Crippen LogP) is 3.00. The molecule has 0 aromatic heterocycles. The van der Waals surface area contributed by atoms with Crippen LogP contribution in [0.25, 0.3) is 0 Å². The fourth-order valence-corrected chi connectivity index (χ4v) is 2.53. The third kappa shape index (κ3) is 4.21. The molecule has 0 radical (unpaired) electrons. The SMILES string of the molecule is COc1ccc(C(=O)NN=CC2CCCCC2)cc1OC. The van der Waals surface area contributed by atoms with Crippen LogP contribution in [0, 0.1) is 5.92 Å². The standard InChI is InChI=1S/C16H22N2O3/c1-20-14-9-8-13(10-15(14)21-2)16(19)18-17-11-12-6-4-3-5-7-12/h8-12H,3-7H2,1-2H3,(H,18,19). The number of rotatable bonds is 5. The lowest BCUT2D eigenvalue weighted by Gasteiger charge is -2.16. The first-order valence-corrected chi connectivity index (χ1v) is 7.30. The Labute approximate surface area is 125 Å². The van der Waals surface area contributed by atoms with Crippen molar-refractivity contribution in [3.63, 3.8) is 0 Å². The van der Waals surface area contributed by atoms with E-state index in [1.165, 1.54) is 19.3 Å². The molecule has 114 valence electrons. The first-order valence-electron chi connectivity index (χ1n) is 7.30. The van der Waals surface area contributed by atoms with Crippen molar-refractivity contribution in [2.45, 2.75) is 32.1 Å². The van der Waals surface area contributed by atoms with Gasteiger partial charge < -0.3 is 9.47 Å². The molecule has 1 amide bonds. The summed E-state index contributed by atoms with van der Waals surface area (Å²) in [5, 5.41) is 4.07. The summed E-state index contributed by atoms with van der Waals surface area (Å²) in [6.45, 7) is 0. The summed E-state index contributed by atoms with van der Waals surface area (Å²) < 4.78 is 10.3. The number of amides is 1. The second kappa shape index (κ2) is 7.67. The summed E-state index contributed by atoms with van der Waals surface area (Å²) in [7, 11) is 3.10. The van der Waals surface area contributed by atoms with Crippen LogP contribution in [0.3, 0.4) is 0 Å². The van der Waals surface area contributed by atoms with E-state index in [1.54, 1.807) is 32.4 Å². The molecule has 1 fully saturated rings. The smallest absolute Gasteiger partial charge is 0.271 e. The number of benzene rings is 1. The highest BCUT2D eigenvalue weighted by molar-refractivity contribution is 5.95. The van der Waals surface area contributed by atoms with E-state index in [-0.39, 0.29) is 5.91 Å². The van der Waals surface area contributed by atoms with Gasteiger partial charge in [-0.3, -0.25) is 4.79 Å². The van der Waals surface area contributed by atoms with Crippen molar-refractivity contribution >= 4 is 12.1 Å².